The van der Waals surface area contributed by atoms with Gasteiger partial charge in [0.15, 0.2) is 0 Å². The molecule has 3 rings (SSSR count). The first kappa shape index (κ1) is 17.9. The van der Waals surface area contributed by atoms with E-state index in [-0.39, 0.29) is 11.8 Å². The average Bonchev–Trinajstić information content (AvgIpc) is 2.65. The van der Waals surface area contributed by atoms with Crippen LogP contribution >= 0.6 is 0 Å². The third kappa shape index (κ3) is 4.21. The normalized spacial score (nSPS) is 21.1. The third-order valence-electron chi connectivity index (χ3n) is 5.40. The zero-order valence-electron chi connectivity index (χ0n) is 15.0. The summed E-state index contributed by atoms with van der Waals surface area (Å²) in [7, 11) is 1.61. The summed E-state index contributed by atoms with van der Waals surface area (Å²) in [6.07, 6.45) is 6.55. The van der Waals surface area contributed by atoms with E-state index in [1.54, 1.807) is 12.0 Å². The molecular formula is C20H28N2O3. The Hall–Kier alpha value is -1.88. The van der Waals surface area contributed by atoms with E-state index in [0.29, 0.717) is 32.0 Å². The van der Waals surface area contributed by atoms with Crippen LogP contribution in [0.4, 0.5) is 0 Å². The van der Waals surface area contributed by atoms with Crippen molar-refractivity contribution in [3.63, 3.8) is 0 Å². The van der Waals surface area contributed by atoms with E-state index in [2.05, 4.69) is 5.32 Å². The second-order valence-corrected chi connectivity index (χ2v) is 7.11. The maximum Gasteiger partial charge on any atom is 0.247 e. The molecule has 1 fully saturated rings. The average molecular weight is 344 g/mol. The molecule has 25 heavy (non-hydrogen) atoms. The molecule has 2 amide bonds. The van der Waals surface area contributed by atoms with Gasteiger partial charge in [-0.25, -0.2) is 0 Å². The summed E-state index contributed by atoms with van der Waals surface area (Å²) in [5.74, 6) is 0.496. The first-order chi connectivity index (χ1) is 12.2. The van der Waals surface area contributed by atoms with Crippen molar-refractivity contribution in [3.05, 3.63) is 35.4 Å². The van der Waals surface area contributed by atoms with Gasteiger partial charge < -0.3 is 15.0 Å². The fourth-order valence-corrected chi connectivity index (χ4v) is 4.00. The molecule has 0 unspecified atom stereocenters. The fraction of sp³-hybridized carbons (Fsp3) is 0.600. The number of benzene rings is 1. The first-order valence-electron chi connectivity index (χ1n) is 9.34. The van der Waals surface area contributed by atoms with Crippen LogP contribution in [0.3, 0.4) is 0 Å². The molecule has 2 aliphatic rings. The number of nitrogens with one attached hydrogen (secondary N) is 1. The van der Waals surface area contributed by atoms with Gasteiger partial charge in [-0.15, -0.1) is 0 Å². The molecule has 0 radical (unpaired) electrons. The maximum atomic E-state index is 13.0. The molecule has 1 heterocycles. The van der Waals surface area contributed by atoms with E-state index in [0.717, 1.165) is 11.1 Å². The quantitative estimate of drug-likeness (QED) is 0.862. The number of fused-ring (bicyclic) bond motifs is 1. The summed E-state index contributed by atoms with van der Waals surface area (Å²) in [5.41, 5.74) is 1.90. The Kier molecular flexibility index (Phi) is 6.08. The Balaban J connectivity index is 1.75. The Bertz CT molecular complexity index is 611. The van der Waals surface area contributed by atoms with E-state index in [4.69, 9.17) is 4.74 Å². The summed E-state index contributed by atoms with van der Waals surface area (Å²) in [4.78, 5) is 27.2. The Labute approximate surface area is 149 Å². The highest BCUT2D eigenvalue weighted by atomic mass is 16.5. The molecular weight excluding hydrogens is 316 g/mol. The van der Waals surface area contributed by atoms with E-state index in [1.807, 2.05) is 24.3 Å². The molecule has 1 aromatic carbocycles. The number of hydrogen-bond donors (Lipinski definition) is 1. The highest BCUT2D eigenvalue weighted by Crippen LogP contribution is 2.31. The summed E-state index contributed by atoms with van der Waals surface area (Å²) in [6.45, 7) is 1.58. The molecule has 1 aliphatic heterocycles. The lowest BCUT2D eigenvalue weighted by molar-refractivity contribution is -0.142. The SMILES string of the molecule is COCCN1C(=O)Cc2ccccc2[C@@H]1C(=O)NCC1CCCCC1. The van der Waals surface area contributed by atoms with Crippen molar-refractivity contribution in [2.24, 2.45) is 5.92 Å². The molecule has 5 heteroatoms. The molecule has 0 saturated heterocycles. The van der Waals surface area contributed by atoms with Crippen molar-refractivity contribution in [2.75, 3.05) is 26.8 Å². The second kappa shape index (κ2) is 8.48. The molecule has 5 nitrogen and oxygen atoms in total. The Morgan fingerprint density at radius 3 is 2.76 bits per heavy atom. The largest absolute Gasteiger partial charge is 0.383 e. The monoisotopic (exact) mass is 344 g/mol. The van der Waals surface area contributed by atoms with Gasteiger partial charge in [0.2, 0.25) is 11.8 Å². The van der Waals surface area contributed by atoms with Gasteiger partial charge in [0, 0.05) is 20.2 Å². The topological polar surface area (TPSA) is 58.6 Å². The smallest absolute Gasteiger partial charge is 0.247 e. The molecule has 0 aromatic heterocycles. The van der Waals surface area contributed by atoms with Gasteiger partial charge in [0.1, 0.15) is 6.04 Å². The molecule has 136 valence electrons. The first-order valence-corrected chi connectivity index (χ1v) is 9.34. The minimum atomic E-state index is -0.545. The van der Waals surface area contributed by atoms with Gasteiger partial charge in [-0.3, -0.25) is 9.59 Å². The van der Waals surface area contributed by atoms with E-state index in [1.165, 1.54) is 32.1 Å². The van der Waals surface area contributed by atoms with Gasteiger partial charge in [-0.2, -0.15) is 0 Å². The minimum absolute atomic E-state index is 0.00596. The number of nitrogens with zero attached hydrogens (tertiary/aromatic N) is 1. The second-order valence-electron chi connectivity index (χ2n) is 7.11. The zero-order chi connectivity index (χ0) is 17.6. The third-order valence-corrected chi connectivity index (χ3v) is 5.40. The fourth-order valence-electron chi connectivity index (χ4n) is 4.00. The number of hydrogen-bond acceptors (Lipinski definition) is 3. The van der Waals surface area contributed by atoms with Gasteiger partial charge in [0.25, 0.3) is 0 Å². The molecule has 1 saturated carbocycles. The number of carbonyl (C=O) groups excluding carboxylic acids is 2. The van der Waals surface area contributed by atoms with Crippen molar-refractivity contribution < 1.29 is 14.3 Å². The Morgan fingerprint density at radius 2 is 2.00 bits per heavy atom. The number of amides is 2. The van der Waals surface area contributed by atoms with Crippen LogP contribution in [0.15, 0.2) is 24.3 Å². The van der Waals surface area contributed by atoms with Crippen molar-refractivity contribution in [1.29, 1.82) is 0 Å². The standard InChI is InChI=1S/C20H28N2O3/c1-25-12-11-22-18(23)13-16-9-5-6-10-17(16)19(22)20(24)21-14-15-7-3-2-4-8-15/h5-6,9-10,15,19H,2-4,7-8,11-14H2,1H3,(H,21,24)/t19-/m1/s1. The molecule has 0 bridgehead atoms. The van der Waals surface area contributed by atoms with Crippen LogP contribution < -0.4 is 5.32 Å². The lowest BCUT2D eigenvalue weighted by atomic mass is 9.88. The Morgan fingerprint density at radius 1 is 1.24 bits per heavy atom. The summed E-state index contributed by atoms with van der Waals surface area (Å²) in [6, 6.07) is 7.23. The lowest BCUT2D eigenvalue weighted by Crippen LogP contribution is -2.49. The summed E-state index contributed by atoms with van der Waals surface area (Å²) >= 11 is 0. The summed E-state index contributed by atoms with van der Waals surface area (Å²) < 4.78 is 5.14. The number of carbonyl (C=O) groups is 2. The van der Waals surface area contributed by atoms with Crippen molar-refractivity contribution in [1.82, 2.24) is 10.2 Å². The van der Waals surface area contributed by atoms with E-state index < -0.39 is 6.04 Å². The van der Waals surface area contributed by atoms with Gasteiger partial charge in [-0.1, -0.05) is 43.5 Å². The highest BCUT2D eigenvalue weighted by molar-refractivity contribution is 5.92. The van der Waals surface area contributed by atoms with Crippen LogP contribution in [-0.2, 0) is 20.7 Å². The van der Waals surface area contributed by atoms with Crippen LogP contribution in [-0.4, -0.2) is 43.5 Å². The summed E-state index contributed by atoms with van der Waals surface area (Å²) in [5, 5.41) is 3.12. The molecule has 0 spiro atoms. The van der Waals surface area contributed by atoms with Crippen molar-refractivity contribution in [2.45, 2.75) is 44.6 Å². The van der Waals surface area contributed by atoms with Gasteiger partial charge in [-0.05, 0) is 29.9 Å². The van der Waals surface area contributed by atoms with Crippen molar-refractivity contribution in [3.8, 4) is 0 Å². The number of ether oxygens (including phenoxy) is 1. The predicted octanol–water partition coefficient (Wildman–Crippen LogP) is 2.46. The van der Waals surface area contributed by atoms with Crippen LogP contribution in [0.1, 0.15) is 49.3 Å². The molecule has 1 aromatic rings. The van der Waals surface area contributed by atoms with Crippen LogP contribution in [0, 0.1) is 5.92 Å². The van der Waals surface area contributed by atoms with Gasteiger partial charge in [0.05, 0.1) is 13.0 Å². The lowest BCUT2D eigenvalue weighted by Gasteiger charge is -2.36. The van der Waals surface area contributed by atoms with E-state index in [9.17, 15) is 9.59 Å². The molecule has 1 N–H and O–H groups in total. The highest BCUT2D eigenvalue weighted by Gasteiger charge is 2.36. The molecule has 1 atom stereocenters. The van der Waals surface area contributed by atoms with Crippen LogP contribution in [0.5, 0.6) is 0 Å². The number of rotatable bonds is 6. The maximum absolute atomic E-state index is 13.0. The minimum Gasteiger partial charge on any atom is -0.383 e. The van der Waals surface area contributed by atoms with Gasteiger partial charge >= 0.3 is 0 Å². The van der Waals surface area contributed by atoms with E-state index >= 15 is 0 Å². The van der Waals surface area contributed by atoms with Crippen LogP contribution in [0.25, 0.3) is 0 Å². The van der Waals surface area contributed by atoms with Crippen LogP contribution in [0.2, 0.25) is 0 Å². The predicted molar refractivity (Wildman–Crippen MR) is 96.1 cm³/mol. The zero-order valence-corrected chi connectivity index (χ0v) is 15.0. The number of methoxy groups -OCH3 is 1. The molecule has 1 aliphatic carbocycles. The van der Waals surface area contributed by atoms with Crippen molar-refractivity contribution >= 4 is 11.8 Å².